The summed E-state index contributed by atoms with van der Waals surface area (Å²) >= 11 is 3.25. The summed E-state index contributed by atoms with van der Waals surface area (Å²) < 4.78 is 4.34. The van der Waals surface area contributed by atoms with Gasteiger partial charge in [-0.2, -0.15) is 0 Å². The van der Waals surface area contributed by atoms with Gasteiger partial charge in [-0.05, 0) is 22.0 Å². The van der Waals surface area contributed by atoms with Gasteiger partial charge in [-0.3, -0.25) is 10.1 Å². The minimum atomic E-state index is -0.704. The Morgan fingerprint density at radius 1 is 1.83 bits per heavy atom. The first-order valence-corrected chi connectivity index (χ1v) is 4.13. The van der Waals surface area contributed by atoms with Gasteiger partial charge in [0.2, 0.25) is 5.70 Å². The summed E-state index contributed by atoms with van der Waals surface area (Å²) in [5.41, 5.74) is 0.149. The first-order chi connectivity index (χ1) is 5.57. The minimum Gasteiger partial charge on any atom is -0.363 e. The molecule has 66 valence electrons. The first-order valence-electron chi connectivity index (χ1n) is 3.34. The van der Waals surface area contributed by atoms with Gasteiger partial charge in [0.15, 0.2) is 4.51 Å². The Morgan fingerprint density at radius 2 is 2.50 bits per heavy atom. The normalized spacial score (nSPS) is 28.3. The standard InChI is InChI=1S/C7H8BrNO3/c1-12-7(8)4-2-3-6(5-7)9(10)11/h2-4H,5H2,1H3. The van der Waals surface area contributed by atoms with Gasteiger partial charge in [-0.1, -0.05) is 6.08 Å². The van der Waals surface area contributed by atoms with Crippen molar-refractivity contribution < 1.29 is 9.66 Å². The molecule has 4 nitrogen and oxygen atoms in total. The van der Waals surface area contributed by atoms with Crippen LogP contribution in [0.1, 0.15) is 6.42 Å². The molecule has 1 rings (SSSR count). The van der Waals surface area contributed by atoms with Gasteiger partial charge in [0.1, 0.15) is 0 Å². The maximum absolute atomic E-state index is 10.4. The van der Waals surface area contributed by atoms with Gasteiger partial charge < -0.3 is 4.74 Å². The van der Waals surface area contributed by atoms with Crippen LogP contribution in [0.3, 0.4) is 0 Å². The quantitative estimate of drug-likeness (QED) is 0.416. The van der Waals surface area contributed by atoms with Crippen LogP contribution in [0.2, 0.25) is 0 Å². The van der Waals surface area contributed by atoms with Gasteiger partial charge in [-0.25, -0.2) is 0 Å². The number of methoxy groups -OCH3 is 1. The molecule has 0 saturated heterocycles. The van der Waals surface area contributed by atoms with Crippen molar-refractivity contribution in [2.45, 2.75) is 10.9 Å². The molecule has 0 N–H and O–H groups in total. The second kappa shape index (κ2) is 3.37. The molecule has 0 heterocycles. The molecule has 0 aromatic rings. The zero-order valence-corrected chi connectivity index (χ0v) is 8.08. The van der Waals surface area contributed by atoms with E-state index in [2.05, 4.69) is 15.9 Å². The Kier molecular flexibility index (Phi) is 2.64. The van der Waals surface area contributed by atoms with Crippen LogP contribution >= 0.6 is 15.9 Å². The Balaban J connectivity index is 2.80. The van der Waals surface area contributed by atoms with E-state index in [1.807, 2.05) is 0 Å². The van der Waals surface area contributed by atoms with E-state index in [1.54, 1.807) is 12.2 Å². The van der Waals surface area contributed by atoms with Gasteiger partial charge >= 0.3 is 0 Å². The molecular formula is C7H8BrNO3. The predicted octanol–water partition coefficient (Wildman–Crippen LogP) is 1.84. The van der Waals surface area contributed by atoms with Crippen LogP contribution in [0.4, 0.5) is 0 Å². The highest BCUT2D eigenvalue weighted by atomic mass is 79.9. The van der Waals surface area contributed by atoms with E-state index in [1.165, 1.54) is 13.2 Å². The lowest BCUT2D eigenvalue weighted by Crippen LogP contribution is -2.24. The lowest BCUT2D eigenvalue weighted by atomic mass is 10.1. The predicted molar refractivity (Wildman–Crippen MR) is 47.5 cm³/mol. The average molecular weight is 234 g/mol. The fraction of sp³-hybridized carbons (Fsp3) is 0.429. The van der Waals surface area contributed by atoms with Crippen LogP contribution in [0.15, 0.2) is 23.9 Å². The smallest absolute Gasteiger partial charge is 0.250 e. The molecule has 5 heteroatoms. The monoisotopic (exact) mass is 233 g/mol. The molecule has 1 aliphatic carbocycles. The van der Waals surface area contributed by atoms with E-state index in [4.69, 9.17) is 4.74 Å². The second-order valence-corrected chi connectivity index (χ2v) is 3.78. The summed E-state index contributed by atoms with van der Waals surface area (Å²) in [5, 5.41) is 10.4. The van der Waals surface area contributed by atoms with Crippen molar-refractivity contribution in [2.24, 2.45) is 0 Å². The van der Waals surface area contributed by atoms with Crippen molar-refractivity contribution in [3.05, 3.63) is 34.0 Å². The van der Waals surface area contributed by atoms with Crippen LogP contribution in [0.5, 0.6) is 0 Å². The molecule has 0 spiro atoms. The number of nitro groups is 1. The van der Waals surface area contributed by atoms with E-state index in [9.17, 15) is 10.1 Å². The van der Waals surface area contributed by atoms with Crippen LogP contribution in [0, 0.1) is 10.1 Å². The van der Waals surface area contributed by atoms with Crippen molar-refractivity contribution in [2.75, 3.05) is 7.11 Å². The minimum absolute atomic E-state index is 0.149. The highest BCUT2D eigenvalue weighted by Crippen LogP contribution is 2.31. The second-order valence-electron chi connectivity index (χ2n) is 2.44. The van der Waals surface area contributed by atoms with Crippen LogP contribution in [0.25, 0.3) is 0 Å². The molecule has 0 amide bonds. The molecule has 0 aromatic heterocycles. The van der Waals surface area contributed by atoms with Crippen LogP contribution < -0.4 is 0 Å². The summed E-state index contributed by atoms with van der Waals surface area (Å²) in [6.07, 6.45) is 5.06. The third-order valence-corrected chi connectivity index (χ3v) is 2.50. The summed E-state index contributed by atoms with van der Waals surface area (Å²) in [6.45, 7) is 0. The first kappa shape index (κ1) is 9.41. The summed E-state index contributed by atoms with van der Waals surface area (Å²) in [6, 6.07) is 0. The number of allylic oxidation sites excluding steroid dienone is 2. The van der Waals surface area contributed by atoms with Crippen molar-refractivity contribution in [3.8, 4) is 0 Å². The van der Waals surface area contributed by atoms with E-state index in [0.717, 1.165) is 0 Å². The van der Waals surface area contributed by atoms with Crippen LogP contribution in [-0.2, 0) is 4.74 Å². The fourth-order valence-electron chi connectivity index (χ4n) is 0.933. The highest BCUT2D eigenvalue weighted by molar-refractivity contribution is 9.10. The third kappa shape index (κ3) is 1.92. The molecule has 0 fully saturated rings. The lowest BCUT2D eigenvalue weighted by Gasteiger charge is -2.22. The van der Waals surface area contributed by atoms with Crippen molar-refractivity contribution in [1.82, 2.24) is 0 Å². The number of alkyl halides is 1. The van der Waals surface area contributed by atoms with Crippen molar-refractivity contribution in [1.29, 1.82) is 0 Å². The van der Waals surface area contributed by atoms with Crippen LogP contribution in [-0.4, -0.2) is 16.5 Å². The molecule has 1 atom stereocenters. The van der Waals surface area contributed by atoms with E-state index in [0.29, 0.717) is 0 Å². The molecular weight excluding hydrogens is 226 g/mol. The molecule has 0 bridgehead atoms. The van der Waals surface area contributed by atoms with Crippen molar-refractivity contribution in [3.63, 3.8) is 0 Å². The Bertz CT molecular complexity index is 261. The molecule has 0 aliphatic heterocycles. The number of ether oxygens (including phenoxy) is 1. The third-order valence-electron chi connectivity index (χ3n) is 1.63. The fourth-order valence-corrected chi connectivity index (χ4v) is 1.37. The SMILES string of the molecule is COC1(Br)C=CC=C([N+](=O)[O-])C1. The largest absolute Gasteiger partial charge is 0.363 e. The van der Waals surface area contributed by atoms with E-state index in [-0.39, 0.29) is 12.1 Å². The van der Waals surface area contributed by atoms with Gasteiger partial charge in [0, 0.05) is 13.2 Å². The number of hydrogen-bond donors (Lipinski definition) is 0. The summed E-state index contributed by atoms with van der Waals surface area (Å²) in [5.74, 6) is 0. The summed E-state index contributed by atoms with van der Waals surface area (Å²) in [4.78, 5) is 9.98. The molecule has 0 saturated carbocycles. The zero-order chi connectivity index (χ0) is 9.19. The number of rotatable bonds is 2. The van der Waals surface area contributed by atoms with Gasteiger partial charge in [0.05, 0.1) is 11.3 Å². The maximum atomic E-state index is 10.4. The van der Waals surface area contributed by atoms with E-state index < -0.39 is 9.43 Å². The Hall–Kier alpha value is -0.680. The lowest BCUT2D eigenvalue weighted by molar-refractivity contribution is -0.429. The van der Waals surface area contributed by atoms with Gasteiger partial charge in [0.25, 0.3) is 0 Å². The molecule has 1 unspecified atom stereocenters. The molecule has 1 aliphatic rings. The number of halogens is 1. The molecule has 12 heavy (non-hydrogen) atoms. The number of hydrogen-bond acceptors (Lipinski definition) is 3. The highest BCUT2D eigenvalue weighted by Gasteiger charge is 2.31. The molecule has 0 radical (unpaired) electrons. The zero-order valence-electron chi connectivity index (χ0n) is 6.49. The molecule has 0 aromatic carbocycles. The Morgan fingerprint density at radius 3 is 3.00 bits per heavy atom. The van der Waals surface area contributed by atoms with Gasteiger partial charge in [-0.15, -0.1) is 0 Å². The van der Waals surface area contributed by atoms with Crippen molar-refractivity contribution >= 4 is 15.9 Å². The maximum Gasteiger partial charge on any atom is 0.250 e. The topological polar surface area (TPSA) is 52.4 Å². The summed E-state index contributed by atoms with van der Waals surface area (Å²) in [7, 11) is 1.50. The number of nitrogens with zero attached hydrogens (tertiary/aromatic N) is 1. The van der Waals surface area contributed by atoms with E-state index >= 15 is 0 Å². The average Bonchev–Trinajstić information content (AvgIpc) is 2.05. The Labute approximate surface area is 78.2 Å².